The second-order valence-corrected chi connectivity index (χ2v) is 11.0. The molecule has 0 spiro atoms. The first-order valence-corrected chi connectivity index (χ1v) is 13.8. The summed E-state index contributed by atoms with van der Waals surface area (Å²) >= 11 is 0. The lowest BCUT2D eigenvalue weighted by Crippen LogP contribution is -2.64. The molecule has 40 heavy (non-hydrogen) atoms. The molecule has 11 atom stereocenters. The van der Waals surface area contributed by atoms with Gasteiger partial charge in [-0.3, -0.25) is 0 Å². The van der Waals surface area contributed by atoms with Crippen molar-refractivity contribution >= 4 is 0 Å². The van der Waals surface area contributed by atoms with Gasteiger partial charge in [-0.05, 0) is 26.3 Å². The molecule has 0 N–H and O–H groups in total. The molecule has 4 aliphatic heterocycles. The highest BCUT2D eigenvalue weighted by Crippen LogP contribution is 2.42. The first-order valence-electron chi connectivity index (χ1n) is 13.8. The Morgan fingerprint density at radius 1 is 0.850 bits per heavy atom. The Bertz CT molecular complexity index is 1100. The van der Waals surface area contributed by atoms with Crippen molar-refractivity contribution in [2.45, 2.75) is 101 Å². The largest absolute Gasteiger partial charge is 0.365 e. The molecule has 4 fully saturated rings. The van der Waals surface area contributed by atoms with Gasteiger partial charge in [0.15, 0.2) is 30.8 Å². The fraction of sp³-hybridized carbons (Fsp3) is 0.600. The Morgan fingerprint density at radius 3 is 2.27 bits per heavy atom. The maximum Gasteiger partial charge on any atom is 0.187 e. The van der Waals surface area contributed by atoms with Crippen molar-refractivity contribution in [3.05, 3.63) is 71.8 Å². The number of alkyl halides is 1. The second-order valence-electron chi connectivity index (χ2n) is 11.0. The van der Waals surface area contributed by atoms with Crippen molar-refractivity contribution in [2.24, 2.45) is 0 Å². The molecule has 0 aromatic heterocycles. The number of halogens is 1. The summed E-state index contributed by atoms with van der Waals surface area (Å²) in [5.41, 5.74) is 1.71. The van der Waals surface area contributed by atoms with E-state index in [9.17, 15) is 0 Å². The molecular weight excluding hydrogens is 523 g/mol. The molecule has 0 saturated carbocycles. The lowest BCUT2D eigenvalue weighted by atomic mass is 9.97. The first kappa shape index (κ1) is 28.1. The summed E-state index contributed by atoms with van der Waals surface area (Å²) in [5.74, 6) is -0.872. The monoisotopic (exact) mass is 560 g/mol. The van der Waals surface area contributed by atoms with E-state index in [2.05, 4.69) is 0 Å². The van der Waals surface area contributed by atoms with E-state index in [0.29, 0.717) is 0 Å². The Morgan fingerprint density at radius 2 is 1.55 bits per heavy atom. The Labute approximate surface area is 233 Å². The number of rotatable bonds is 7. The number of ether oxygens (including phenoxy) is 9. The van der Waals surface area contributed by atoms with Gasteiger partial charge in [0, 0.05) is 12.7 Å². The molecule has 6 rings (SSSR count). The topological polar surface area (TPSA) is 83.1 Å². The van der Waals surface area contributed by atoms with Crippen LogP contribution in [-0.2, 0) is 49.2 Å². The molecule has 0 radical (unpaired) electrons. The molecule has 0 aliphatic carbocycles. The van der Waals surface area contributed by atoms with Crippen molar-refractivity contribution in [1.82, 2.24) is 0 Å². The zero-order valence-electron chi connectivity index (χ0n) is 23.1. The lowest BCUT2D eigenvalue weighted by Gasteiger charge is -2.48. The summed E-state index contributed by atoms with van der Waals surface area (Å²) in [6, 6.07) is 19.0. The van der Waals surface area contributed by atoms with E-state index < -0.39 is 73.6 Å². The number of hydrogen-bond donors (Lipinski definition) is 0. The lowest BCUT2D eigenvalue weighted by molar-refractivity contribution is -0.377. The average Bonchev–Trinajstić information content (AvgIpc) is 3.30. The Kier molecular flexibility index (Phi) is 8.24. The Balaban J connectivity index is 1.23. The number of methoxy groups -OCH3 is 1. The van der Waals surface area contributed by atoms with Gasteiger partial charge in [0.1, 0.15) is 36.6 Å². The maximum atomic E-state index is 16.4. The third-order valence-corrected chi connectivity index (χ3v) is 7.71. The third kappa shape index (κ3) is 5.70. The van der Waals surface area contributed by atoms with Crippen molar-refractivity contribution in [3.8, 4) is 0 Å². The van der Waals surface area contributed by atoms with Crippen LogP contribution in [0.15, 0.2) is 60.7 Å². The van der Waals surface area contributed by atoms with E-state index >= 15 is 4.39 Å². The van der Waals surface area contributed by atoms with E-state index in [1.165, 1.54) is 0 Å². The summed E-state index contributed by atoms with van der Waals surface area (Å²) in [4.78, 5) is 0. The number of fused-ring (bicyclic) bond motifs is 2. The van der Waals surface area contributed by atoms with Gasteiger partial charge < -0.3 is 42.6 Å². The maximum absolute atomic E-state index is 16.4. The molecule has 0 unspecified atom stereocenters. The average molecular weight is 561 g/mol. The van der Waals surface area contributed by atoms with E-state index in [0.717, 1.165) is 11.1 Å². The predicted molar refractivity (Wildman–Crippen MR) is 139 cm³/mol. The van der Waals surface area contributed by atoms with Gasteiger partial charge in [0.25, 0.3) is 0 Å². The van der Waals surface area contributed by atoms with Crippen LogP contribution in [0.3, 0.4) is 0 Å². The van der Waals surface area contributed by atoms with Crippen LogP contribution in [0.4, 0.5) is 4.39 Å². The van der Waals surface area contributed by atoms with E-state index in [-0.39, 0.29) is 13.2 Å². The molecule has 218 valence electrons. The van der Waals surface area contributed by atoms with Crippen LogP contribution < -0.4 is 0 Å². The fourth-order valence-corrected chi connectivity index (χ4v) is 5.81. The quantitative estimate of drug-likeness (QED) is 0.498. The van der Waals surface area contributed by atoms with Gasteiger partial charge in [-0.25, -0.2) is 4.39 Å². The van der Waals surface area contributed by atoms with Gasteiger partial charge in [0.2, 0.25) is 0 Å². The van der Waals surface area contributed by atoms with Crippen LogP contribution in [0.1, 0.15) is 38.2 Å². The number of benzene rings is 2. The van der Waals surface area contributed by atoms with Crippen molar-refractivity contribution in [3.63, 3.8) is 0 Å². The zero-order chi connectivity index (χ0) is 27.9. The minimum Gasteiger partial charge on any atom is -0.365 e. The summed E-state index contributed by atoms with van der Waals surface area (Å²) in [6.45, 7) is 5.82. The molecule has 2 aromatic carbocycles. The second kappa shape index (κ2) is 11.7. The SMILES string of the molecule is CO[C@@H]1O[C@@H](C)[C@H](O[C@@H]2O[C@@H]3CO[C@@H](c4ccccc4)O[C@H]3[C@H](F)[C@H]2OCc2ccccc2)[C@H]2OC(C)(C)O[C@@H]12. The molecule has 0 bridgehead atoms. The molecule has 10 heteroatoms. The normalized spacial score (nSPS) is 40.8. The summed E-state index contributed by atoms with van der Waals surface area (Å²) in [7, 11) is 1.56. The molecule has 2 aromatic rings. The van der Waals surface area contributed by atoms with Crippen molar-refractivity contribution < 1.29 is 47.0 Å². The highest BCUT2D eigenvalue weighted by molar-refractivity contribution is 5.17. The highest BCUT2D eigenvalue weighted by atomic mass is 19.1. The zero-order valence-corrected chi connectivity index (χ0v) is 23.1. The van der Waals surface area contributed by atoms with Crippen molar-refractivity contribution in [2.75, 3.05) is 13.7 Å². The summed E-state index contributed by atoms with van der Waals surface area (Å²) in [5, 5.41) is 0. The van der Waals surface area contributed by atoms with Gasteiger partial charge in [-0.1, -0.05) is 60.7 Å². The molecule has 4 aliphatic rings. The minimum atomic E-state index is -1.55. The predicted octanol–water partition coefficient (Wildman–Crippen LogP) is 4.05. The van der Waals surface area contributed by atoms with Crippen LogP contribution in [-0.4, -0.2) is 81.0 Å². The van der Waals surface area contributed by atoms with E-state index in [1.54, 1.807) is 7.11 Å². The molecule has 4 heterocycles. The van der Waals surface area contributed by atoms with Crippen LogP contribution in [0.25, 0.3) is 0 Å². The fourth-order valence-electron chi connectivity index (χ4n) is 5.81. The standard InChI is InChI=1S/C30H37FO9/c1-17-22(25-26(28(32-4)35-17)40-30(2,3)39-25)37-29-24(33-15-18-11-7-5-8-12-18)21(31)23-20(36-29)16-34-27(38-23)19-13-9-6-10-14-19/h5-14,17,20-29H,15-16H2,1-4H3/t17-,20+,21-,22-,23+,24+,25+,26+,27+,28+,29-/m0/s1. The van der Waals surface area contributed by atoms with Gasteiger partial charge in [-0.2, -0.15) is 0 Å². The van der Waals surface area contributed by atoms with Gasteiger partial charge >= 0.3 is 0 Å². The Hall–Kier alpha value is -1.99. The molecule has 0 amide bonds. The van der Waals surface area contributed by atoms with Gasteiger partial charge in [-0.15, -0.1) is 0 Å². The van der Waals surface area contributed by atoms with E-state index in [1.807, 2.05) is 81.4 Å². The van der Waals surface area contributed by atoms with Gasteiger partial charge in [0.05, 0.1) is 19.3 Å². The number of hydrogen-bond acceptors (Lipinski definition) is 9. The van der Waals surface area contributed by atoms with Crippen LogP contribution >= 0.6 is 0 Å². The molecule has 9 nitrogen and oxygen atoms in total. The molecule has 4 saturated heterocycles. The summed E-state index contributed by atoms with van der Waals surface area (Å²) < 4.78 is 71.3. The van der Waals surface area contributed by atoms with Crippen LogP contribution in [0, 0.1) is 0 Å². The van der Waals surface area contributed by atoms with Crippen molar-refractivity contribution in [1.29, 1.82) is 0 Å². The summed E-state index contributed by atoms with van der Waals surface area (Å²) in [6.07, 6.45) is -8.83. The minimum absolute atomic E-state index is 0.136. The highest BCUT2D eigenvalue weighted by Gasteiger charge is 2.58. The third-order valence-electron chi connectivity index (χ3n) is 7.71. The van der Waals surface area contributed by atoms with E-state index in [4.69, 9.17) is 42.6 Å². The smallest absolute Gasteiger partial charge is 0.187 e. The van der Waals surface area contributed by atoms with Crippen LogP contribution in [0.5, 0.6) is 0 Å². The molecular formula is C30H37FO9. The van der Waals surface area contributed by atoms with Crippen LogP contribution in [0.2, 0.25) is 0 Å². The first-order chi connectivity index (χ1) is 19.3.